The van der Waals surface area contributed by atoms with Gasteiger partial charge in [-0.3, -0.25) is 9.52 Å². The van der Waals surface area contributed by atoms with Crippen LogP contribution in [0.3, 0.4) is 0 Å². The van der Waals surface area contributed by atoms with E-state index in [1.54, 1.807) is 49.4 Å². The molecule has 0 aromatic heterocycles. The van der Waals surface area contributed by atoms with E-state index in [-0.39, 0.29) is 10.8 Å². The van der Waals surface area contributed by atoms with Gasteiger partial charge in [-0.25, -0.2) is 8.42 Å². The summed E-state index contributed by atoms with van der Waals surface area (Å²) in [6.45, 7) is 0.344. The Bertz CT molecular complexity index is 1130. The molecular formula is C22H21BrN2O4S. The van der Waals surface area contributed by atoms with Crippen molar-refractivity contribution in [1.82, 2.24) is 4.90 Å². The first-order chi connectivity index (χ1) is 14.3. The molecule has 3 rings (SSSR count). The molecule has 0 saturated heterocycles. The molecular weight excluding hydrogens is 468 g/mol. The zero-order chi connectivity index (χ0) is 21.7. The van der Waals surface area contributed by atoms with Gasteiger partial charge in [-0.1, -0.05) is 34.1 Å². The fraction of sp³-hybridized carbons (Fsp3) is 0.136. The van der Waals surface area contributed by atoms with Crippen molar-refractivity contribution in [3.63, 3.8) is 0 Å². The molecule has 0 unspecified atom stereocenters. The van der Waals surface area contributed by atoms with Crippen molar-refractivity contribution in [3.8, 4) is 5.75 Å². The number of sulfonamides is 1. The maximum atomic E-state index is 12.8. The molecule has 3 aromatic carbocycles. The van der Waals surface area contributed by atoms with E-state index in [9.17, 15) is 13.2 Å². The number of halogens is 1. The lowest BCUT2D eigenvalue weighted by Crippen LogP contribution is -2.26. The first-order valence-electron chi connectivity index (χ1n) is 9.06. The van der Waals surface area contributed by atoms with E-state index in [2.05, 4.69) is 20.7 Å². The number of carbonyl (C=O) groups excluding carboxylic acids is 1. The van der Waals surface area contributed by atoms with Crippen LogP contribution in [0.25, 0.3) is 0 Å². The third-order valence-electron chi connectivity index (χ3n) is 4.43. The van der Waals surface area contributed by atoms with Crippen molar-refractivity contribution in [2.24, 2.45) is 0 Å². The first-order valence-corrected chi connectivity index (χ1v) is 11.3. The minimum atomic E-state index is -3.74. The highest BCUT2D eigenvalue weighted by Gasteiger charge is 2.18. The van der Waals surface area contributed by atoms with Crippen LogP contribution < -0.4 is 9.46 Å². The molecule has 0 spiro atoms. The lowest BCUT2D eigenvalue weighted by molar-refractivity contribution is 0.0784. The fourth-order valence-corrected chi connectivity index (χ4v) is 4.38. The number of anilines is 1. The molecule has 0 saturated carbocycles. The van der Waals surface area contributed by atoms with Gasteiger partial charge in [0.05, 0.1) is 12.0 Å². The number of carbonyl (C=O) groups is 1. The second kappa shape index (κ2) is 9.32. The predicted molar refractivity (Wildman–Crippen MR) is 120 cm³/mol. The molecule has 0 aliphatic carbocycles. The van der Waals surface area contributed by atoms with Gasteiger partial charge in [-0.05, 0) is 54.6 Å². The second-order valence-electron chi connectivity index (χ2n) is 6.61. The van der Waals surface area contributed by atoms with Gasteiger partial charge in [0.2, 0.25) is 0 Å². The molecule has 8 heteroatoms. The van der Waals surface area contributed by atoms with Crippen LogP contribution in [0, 0.1) is 0 Å². The summed E-state index contributed by atoms with van der Waals surface area (Å²) in [7, 11) is -0.470. The largest absolute Gasteiger partial charge is 0.496 e. The number of nitrogens with one attached hydrogen (secondary N) is 1. The monoisotopic (exact) mass is 488 g/mol. The Labute approximate surface area is 184 Å². The standard InChI is InChI=1S/C22H21BrN2O4S/c1-25(15-17-14-18(23)10-13-21(17)29-2)22(26)16-8-11-20(12-9-16)30(27,28)24-19-6-4-3-5-7-19/h3-14,24H,15H2,1-2H3. The summed E-state index contributed by atoms with van der Waals surface area (Å²) >= 11 is 3.43. The molecule has 156 valence electrons. The molecule has 30 heavy (non-hydrogen) atoms. The van der Waals surface area contributed by atoms with Crippen LogP contribution in [0.1, 0.15) is 15.9 Å². The first kappa shape index (κ1) is 21.9. The molecule has 1 amide bonds. The average Bonchev–Trinajstić information content (AvgIpc) is 2.74. The Morgan fingerprint density at radius 3 is 2.33 bits per heavy atom. The minimum absolute atomic E-state index is 0.0826. The lowest BCUT2D eigenvalue weighted by atomic mass is 10.1. The van der Waals surface area contributed by atoms with Crippen LogP contribution in [0.4, 0.5) is 5.69 Å². The third kappa shape index (κ3) is 5.20. The Hall–Kier alpha value is -2.84. The average molecular weight is 489 g/mol. The molecule has 0 aliphatic heterocycles. The second-order valence-corrected chi connectivity index (χ2v) is 9.21. The summed E-state index contributed by atoms with van der Waals surface area (Å²) in [5, 5.41) is 0. The Kier molecular flexibility index (Phi) is 6.79. The summed E-state index contributed by atoms with van der Waals surface area (Å²) < 4.78 is 33.8. The van der Waals surface area contributed by atoms with E-state index < -0.39 is 10.0 Å². The Morgan fingerprint density at radius 2 is 1.70 bits per heavy atom. The number of ether oxygens (including phenoxy) is 1. The number of hydrogen-bond donors (Lipinski definition) is 1. The summed E-state index contributed by atoms with van der Waals surface area (Å²) in [4.78, 5) is 14.4. The zero-order valence-electron chi connectivity index (χ0n) is 16.5. The smallest absolute Gasteiger partial charge is 0.261 e. The number of benzene rings is 3. The Morgan fingerprint density at radius 1 is 1.03 bits per heavy atom. The summed E-state index contributed by atoms with van der Waals surface area (Å²) in [5.74, 6) is 0.461. The van der Waals surface area contributed by atoms with Crippen LogP contribution in [0.5, 0.6) is 5.75 Å². The maximum Gasteiger partial charge on any atom is 0.261 e. The molecule has 0 fully saturated rings. The zero-order valence-corrected chi connectivity index (χ0v) is 18.9. The number of nitrogens with zero attached hydrogens (tertiary/aromatic N) is 1. The molecule has 6 nitrogen and oxygen atoms in total. The number of rotatable bonds is 7. The minimum Gasteiger partial charge on any atom is -0.496 e. The van der Waals surface area contributed by atoms with E-state index in [1.165, 1.54) is 24.3 Å². The Balaban J connectivity index is 1.74. The van der Waals surface area contributed by atoms with Gasteiger partial charge in [0.15, 0.2) is 0 Å². The molecule has 1 N–H and O–H groups in total. The summed E-state index contributed by atoms with van der Waals surface area (Å²) in [5.41, 5.74) is 1.72. The number of para-hydroxylation sites is 1. The van der Waals surface area contributed by atoms with Gasteiger partial charge in [-0.2, -0.15) is 0 Å². The third-order valence-corrected chi connectivity index (χ3v) is 6.32. The van der Waals surface area contributed by atoms with Gasteiger partial charge < -0.3 is 9.64 Å². The van der Waals surface area contributed by atoms with E-state index >= 15 is 0 Å². The molecule has 0 aliphatic rings. The van der Waals surface area contributed by atoms with E-state index in [1.807, 2.05) is 18.2 Å². The highest BCUT2D eigenvalue weighted by molar-refractivity contribution is 9.10. The fourth-order valence-electron chi connectivity index (χ4n) is 2.92. The number of amides is 1. The van der Waals surface area contributed by atoms with Crippen LogP contribution in [0.2, 0.25) is 0 Å². The van der Waals surface area contributed by atoms with Crippen molar-refractivity contribution >= 4 is 37.5 Å². The van der Waals surface area contributed by atoms with E-state index in [0.29, 0.717) is 23.5 Å². The number of hydrogen-bond acceptors (Lipinski definition) is 4. The molecule has 0 radical (unpaired) electrons. The summed E-state index contributed by atoms with van der Waals surface area (Å²) in [6.07, 6.45) is 0. The van der Waals surface area contributed by atoms with Gasteiger partial charge in [0.1, 0.15) is 5.75 Å². The quantitative estimate of drug-likeness (QED) is 0.529. The van der Waals surface area contributed by atoms with Crippen LogP contribution >= 0.6 is 15.9 Å². The van der Waals surface area contributed by atoms with Crippen molar-refractivity contribution in [1.29, 1.82) is 0 Å². The van der Waals surface area contributed by atoms with E-state index in [4.69, 9.17) is 4.74 Å². The lowest BCUT2D eigenvalue weighted by Gasteiger charge is -2.19. The van der Waals surface area contributed by atoms with Crippen LogP contribution in [-0.2, 0) is 16.6 Å². The van der Waals surface area contributed by atoms with Gasteiger partial charge in [0.25, 0.3) is 15.9 Å². The maximum absolute atomic E-state index is 12.8. The molecule has 0 atom stereocenters. The van der Waals surface area contributed by atoms with Crippen molar-refractivity contribution in [2.75, 3.05) is 18.9 Å². The normalized spacial score (nSPS) is 11.0. The SMILES string of the molecule is COc1ccc(Br)cc1CN(C)C(=O)c1ccc(S(=O)(=O)Nc2ccccc2)cc1. The highest BCUT2D eigenvalue weighted by Crippen LogP contribution is 2.25. The molecule has 0 heterocycles. The highest BCUT2D eigenvalue weighted by atomic mass is 79.9. The van der Waals surface area contributed by atoms with Gasteiger partial charge >= 0.3 is 0 Å². The number of methoxy groups -OCH3 is 1. The van der Waals surface area contributed by atoms with Crippen molar-refractivity contribution in [3.05, 3.63) is 88.4 Å². The molecule has 0 bridgehead atoms. The summed E-state index contributed by atoms with van der Waals surface area (Å²) in [6, 6.07) is 20.1. The molecule has 3 aromatic rings. The van der Waals surface area contributed by atoms with Crippen LogP contribution in [0.15, 0.2) is 82.2 Å². The van der Waals surface area contributed by atoms with Gasteiger partial charge in [0, 0.05) is 34.9 Å². The van der Waals surface area contributed by atoms with E-state index in [0.717, 1.165) is 10.0 Å². The van der Waals surface area contributed by atoms with Gasteiger partial charge in [-0.15, -0.1) is 0 Å². The topological polar surface area (TPSA) is 75.7 Å². The van der Waals surface area contributed by atoms with Crippen molar-refractivity contribution in [2.45, 2.75) is 11.4 Å². The van der Waals surface area contributed by atoms with Crippen molar-refractivity contribution < 1.29 is 17.9 Å². The predicted octanol–water partition coefficient (Wildman–Crippen LogP) is 4.53. The van der Waals surface area contributed by atoms with Crippen LogP contribution in [-0.4, -0.2) is 33.4 Å².